The Kier molecular flexibility index (Phi) is 3.50. The molecule has 6 heteroatoms. The molecule has 1 heterocycles. The first kappa shape index (κ1) is 13.5. The largest absolute Gasteiger partial charge is 0.506 e. The lowest BCUT2D eigenvalue weighted by molar-refractivity contribution is 0.423. The fourth-order valence-corrected chi connectivity index (χ4v) is 2.13. The number of nitrogens with two attached hydrogens (primary N) is 1. The van der Waals surface area contributed by atoms with Gasteiger partial charge in [0.05, 0.1) is 5.69 Å². The van der Waals surface area contributed by atoms with Crippen LogP contribution in [0.5, 0.6) is 5.75 Å². The van der Waals surface area contributed by atoms with Crippen LogP contribution >= 0.6 is 11.6 Å². The van der Waals surface area contributed by atoms with Crippen molar-refractivity contribution in [3.8, 4) is 17.2 Å². The number of hydrogen-bond acceptors (Lipinski definition) is 5. The molecule has 0 unspecified atom stereocenters. The third-order valence-corrected chi connectivity index (χ3v) is 3.42. The summed E-state index contributed by atoms with van der Waals surface area (Å²) in [5.74, 6) is 0.833. The molecule has 3 N–H and O–H groups in total. The van der Waals surface area contributed by atoms with E-state index >= 15 is 0 Å². The monoisotopic (exact) mass is 301 g/mol. The van der Waals surface area contributed by atoms with Gasteiger partial charge in [-0.25, -0.2) is 0 Å². The van der Waals surface area contributed by atoms with E-state index in [9.17, 15) is 5.11 Å². The molecule has 0 spiro atoms. The molecule has 0 saturated carbocycles. The third kappa shape index (κ3) is 2.83. The minimum atomic E-state index is -0.0154. The maximum Gasteiger partial charge on any atom is 0.258 e. The van der Waals surface area contributed by atoms with Gasteiger partial charge in [-0.1, -0.05) is 35.0 Å². The van der Waals surface area contributed by atoms with Crippen LogP contribution in [0.4, 0.5) is 5.69 Å². The van der Waals surface area contributed by atoms with Crippen molar-refractivity contribution in [2.45, 2.75) is 6.42 Å². The molecule has 1 aromatic heterocycles. The zero-order valence-corrected chi connectivity index (χ0v) is 11.7. The lowest BCUT2D eigenvalue weighted by atomic mass is 10.1. The molecule has 3 rings (SSSR count). The molecule has 106 valence electrons. The van der Waals surface area contributed by atoms with Crippen LogP contribution in [0, 0.1) is 0 Å². The van der Waals surface area contributed by atoms with E-state index in [2.05, 4.69) is 10.1 Å². The summed E-state index contributed by atoms with van der Waals surface area (Å²) in [5, 5.41) is 14.2. The average molecular weight is 302 g/mol. The van der Waals surface area contributed by atoms with Crippen LogP contribution in [0.3, 0.4) is 0 Å². The molecule has 0 atom stereocenters. The normalized spacial score (nSPS) is 10.7. The summed E-state index contributed by atoms with van der Waals surface area (Å²) in [7, 11) is 0. The predicted molar refractivity (Wildman–Crippen MR) is 80.1 cm³/mol. The molecule has 3 aromatic rings. The molecule has 0 radical (unpaired) electrons. The maximum atomic E-state index is 9.61. The van der Waals surface area contributed by atoms with Gasteiger partial charge in [0.15, 0.2) is 5.82 Å². The molecule has 0 saturated heterocycles. The molecule has 21 heavy (non-hydrogen) atoms. The Morgan fingerprint density at radius 1 is 1.19 bits per heavy atom. The van der Waals surface area contributed by atoms with Gasteiger partial charge in [-0.3, -0.25) is 0 Å². The van der Waals surface area contributed by atoms with Crippen LogP contribution in [0.25, 0.3) is 11.5 Å². The van der Waals surface area contributed by atoms with Gasteiger partial charge in [0.2, 0.25) is 0 Å². The van der Waals surface area contributed by atoms with E-state index in [1.165, 1.54) is 6.07 Å². The number of aromatic nitrogens is 2. The summed E-state index contributed by atoms with van der Waals surface area (Å²) >= 11 is 6.10. The minimum Gasteiger partial charge on any atom is -0.506 e. The first-order valence-corrected chi connectivity index (χ1v) is 6.66. The first-order chi connectivity index (χ1) is 10.1. The Balaban J connectivity index is 1.86. The van der Waals surface area contributed by atoms with Crippen molar-refractivity contribution in [1.29, 1.82) is 0 Å². The SMILES string of the molecule is Nc1ccc(-c2nc(Cc3ccccc3Cl)no2)cc1O. The summed E-state index contributed by atoms with van der Waals surface area (Å²) in [5.41, 5.74) is 7.39. The summed E-state index contributed by atoms with van der Waals surface area (Å²) in [6, 6.07) is 12.3. The topological polar surface area (TPSA) is 85.2 Å². The van der Waals surface area contributed by atoms with E-state index in [1.807, 2.05) is 24.3 Å². The van der Waals surface area contributed by atoms with Crippen LogP contribution in [-0.2, 0) is 6.42 Å². The van der Waals surface area contributed by atoms with Crippen LogP contribution in [-0.4, -0.2) is 15.2 Å². The van der Waals surface area contributed by atoms with Crippen molar-refractivity contribution in [3.63, 3.8) is 0 Å². The standard InChI is InChI=1S/C15H12ClN3O2/c16-11-4-2-1-3-9(11)8-14-18-15(21-19-14)10-5-6-12(17)13(20)7-10/h1-7,20H,8,17H2. The number of nitrogen functional groups attached to an aromatic ring is 1. The van der Waals surface area contributed by atoms with Crippen molar-refractivity contribution in [3.05, 3.63) is 58.9 Å². The zero-order chi connectivity index (χ0) is 14.8. The van der Waals surface area contributed by atoms with Crippen molar-refractivity contribution in [2.75, 3.05) is 5.73 Å². The Morgan fingerprint density at radius 2 is 2.00 bits per heavy atom. The number of aromatic hydroxyl groups is 1. The zero-order valence-electron chi connectivity index (χ0n) is 11.0. The fraction of sp³-hybridized carbons (Fsp3) is 0.0667. The number of phenols is 1. The number of nitrogens with zero attached hydrogens (tertiary/aromatic N) is 2. The van der Waals surface area contributed by atoms with Crippen molar-refractivity contribution < 1.29 is 9.63 Å². The summed E-state index contributed by atoms with van der Waals surface area (Å²) in [6.45, 7) is 0. The van der Waals surface area contributed by atoms with Crippen LogP contribution in [0.1, 0.15) is 11.4 Å². The van der Waals surface area contributed by atoms with Crippen LogP contribution in [0.2, 0.25) is 5.02 Å². The van der Waals surface area contributed by atoms with E-state index in [0.29, 0.717) is 34.4 Å². The molecule has 0 aliphatic carbocycles. The van der Waals surface area contributed by atoms with Crippen LogP contribution in [0.15, 0.2) is 47.0 Å². The highest BCUT2D eigenvalue weighted by atomic mass is 35.5. The Labute approximate surface area is 126 Å². The number of phenolic OH excluding ortho intramolecular Hbond substituents is 1. The van der Waals surface area contributed by atoms with Gasteiger partial charge in [-0.15, -0.1) is 0 Å². The molecular weight excluding hydrogens is 290 g/mol. The minimum absolute atomic E-state index is 0.0154. The second-order valence-corrected chi connectivity index (χ2v) is 4.96. The van der Waals surface area contributed by atoms with Gasteiger partial charge in [0.1, 0.15) is 5.75 Å². The van der Waals surface area contributed by atoms with Gasteiger partial charge in [0.25, 0.3) is 5.89 Å². The fourth-order valence-electron chi connectivity index (χ4n) is 1.93. The number of benzene rings is 2. The predicted octanol–water partition coefficient (Wildman–Crippen LogP) is 3.27. The number of hydrogen-bond donors (Lipinski definition) is 2. The number of anilines is 1. The second kappa shape index (κ2) is 5.46. The summed E-state index contributed by atoms with van der Waals surface area (Å²) < 4.78 is 5.20. The molecule has 0 amide bonds. The summed E-state index contributed by atoms with van der Waals surface area (Å²) in [6.07, 6.45) is 0.476. The molecule has 0 aliphatic heterocycles. The van der Waals surface area contributed by atoms with Crippen molar-refractivity contribution >= 4 is 17.3 Å². The summed E-state index contributed by atoms with van der Waals surface area (Å²) in [4.78, 5) is 4.30. The maximum absolute atomic E-state index is 9.61. The van der Waals surface area contributed by atoms with Crippen molar-refractivity contribution in [2.24, 2.45) is 0 Å². The van der Waals surface area contributed by atoms with Gasteiger partial charge in [-0.2, -0.15) is 4.98 Å². The second-order valence-electron chi connectivity index (χ2n) is 4.56. The number of rotatable bonds is 3. The molecule has 2 aromatic carbocycles. The highest BCUT2D eigenvalue weighted by molar-refractivity contribution is 6.31. The Hall–Kier alpha value is -2.53. The quantitative estimate of drug-likeness (QED) is 0.573. The van der Waals surface area contributed by atoms with E-state index in [0.717, 1.165) is 5.56 Å². The van der Waals surface area contributed by atoms with E-state index < -0.39 is 0 Å². The van der Waals surface area contributed by atoms with Gasteiger partial charge >= 0.3 is 0 Å². The van der Waals surface area contributed by atoms with Gasteiger partial charge in [0, 0.05) is 17.0 Å². The smallest absolute Gasteiger partial charge is 0.258 e. The number of halogens is 1. The lowest BCUT2D eigenvalue weighted by Gasteiger charge is -2.00. The molecular formula is C15H12ClN3O2. The average Bonchev–Trinajstić information content (AvgIpc) is 2.93. The lowest BCUT2D eigenvalue weighted by Crippen LogP contribution is -1.91. The Morgan fingerprint density at radius 3 is 2.76 bits per heavy atom. The Bertz CT molecular complexity index is 786. The molecule has 0 fully saturated rings. The highest BCUT2D eigenvalue weighted by Gasteiger charge is 2.12. The van der Waals surface area contributed by atoms with E-state index in [1.54, 1.807) is 12.1 Å². The van der Waals surface area contributed by atoms with Gasteiger partial charge < -0.3 is 15.4 Å². The molecule has 0 bridgehead atoms. The molecule has 5 nitrogen and oxygen atoms in total. The van der Waals surface area contributed by atoms with Crippen LogP contribution < -0.4 is 5.73 Å². The van der Waals surface area contributed by atoms with E-state index in [4.69, 9.17) is 21.9 Å². The van der Waals surface area contributed by atoms with Gasteiger partial charge in [-0.05, 0) is 29.8 Å². The van der Waals surface area contributed by atoms with Crippen molar-refractivity contribution in [1.82, 2.24) is 10.1 Å². The molecule has 0 aliphatic rings. The van der Waals surface area contributed by atoms with E-state index in [-0.39, 0.29) is 5.75 Å². The highest BCUT2D eigenvalue weighted by Crippen LogP contribution is 2.27. The third-order valence-electron chi connectivity index (χ3n) is 3.05. The first-order valence-electron chi connectivity index (χ1n) is 6.28.